The number of nitrogens with zero attached hydrogens (tertiary/aromatic N) is 2. The van der Waals surface area contributed by atoms with E-state index in [0.717, 1.165) is 61.6 Å². The first kappa shape index (κ1) is 17.4. The third kappa shape index (κ3) is 4.15. The van der Waals surface area contributed by atoms with Crippen LogP contribution in [-0.4, -0.2) is 29.2 Å². The molecule has 1 aliphatic rings. The molecule has 0 bridgehead atoms. The Morgan fingerprint density at radius 2 is 2.25 bits per heavy atom. The van der Waals surface area contributed by atoms with Gasteiger partial charge >= 0.3 is 0 Å². The maximum Gasteiger partial charge on any atom is 0.138 e. The van der Waals surface area contributed by atoms with Gasteiger partial charge in [0.15, 0.2) is 0 Å². The third-order valence-electron chi connectivity index (χ3n) is 4.66. The number of likely N-dealkylation sites (tertiary alicyclic amines) is 1. The smallest absolute Gasteiger partial charge is 0.138 e. The van der Waals surface area contributed by atoms with Crippen molar-refractivity contribution in [2.45, 2.75) is 45.8 Å². The Kier molecular flexibility index (Phi) is 5.54. The van der Waals surface area contributed by atoms with Gasteiger partial charge in [0, 0.05) is 36.3 Å². The Hall–Kier alpha value is -1.43. The Morgan fingerprint density at radius 3 is 2.96 bits per heavy atom. The van der Waals surface area contributed by atoms with E-state index in [-0.39, 0.29) is 5.82 Å². The Labute approximate surface area is 147 Å². The lowest BCUT2D eigenvalue weighted by molar-refractivity contribution is 0.182. The molecule has 0 saturated carbocycles. The minimum atomic E-state index is -0.290. The van der Waals surface area contributed by atoms with E-state index in [1.807, 2.05) is 13.8 Å². The molecule has 1 aromatic carbocycles. The fourth-order valence-electron chi connectivity index (χ4n) is 3.26. The molecule has 0 amide bonds. The lowest BCUT2D eigenvalue weighted by Crippen LogP contribution is -2.45. The van der Waals surface area contributed by atoms with Gasteiger partial charge in [-0.3, -0.25) is 4.90 Å². The Balaban J connectivity index is 1.56. The standard InChI is InChI=1S/C18H23ClFN3O/c1-12-17(13(2)24-22-12)9-21-16-4-3-7-23(11-16)10-14-5-6-15(20)8-18(14)19/h5-6,8,16,21H,3-4,7,9-11H2,1-2H3. The minimum Gasteiger partial charge on any atom is -0.361 e. The number of halogens is 2. The molecule has 130 valence electrons. The normalized spacial score (nSPS) is 18.9. The second-order valence-electron chi connectivity index (χ2n) is 6.49. The lowest BCUT2D eigenvalue weighted by atomic mass is 10.0. The first-order valence-electron chi connectivity index (χ1n) is 8.34. The van der Waals surface area contributed by atoms with Gasteiger partial charge in [0.2, 0.25) is 0 Å². The van der Waals surface area contributed by atoms with Crippen molar-refractivity contribution in [3.05, 3.63) is 51.6 Å². The molecule has 1 aromatic heterocycles. The van der Waals surface area contributed by atoms with Gasteiger partial charge in [0.25, 0.3) is 0 Å². The summed E-state index contributed by atoms with van der Waals surface area (Å²) in [4.78, 5) is 2.37. The van der Waals surface area contributed by atoms with Gasteiger partial charge in [-0.05, 0) is 50.9 Å². The summed E-state index contributed by atoms with van der Waals surface area (Å²) in [5.41, 5.74) is 3.07. The van der Waals surface area contributed by atoms with Crippen molar-refractivity contribution in [3.8, 4) is 0 Å². The van der Waals surface area contributed by atoms with Crippen molar-refractivity contribution in [3.63, 3.8) is 0 Å². The molecule has 1 aliphatic heterocycles. The number of piperidine rings is 1. The fraction of sp³-hybridized carbons (Fsp3) is 0.500. The van der Waals surface area contributed by atoms with E-state index in [1.165, 1.54) is 12.1 Å². The highest BCUT2D eigenvalue weighted by molar-refractivity contribution is 6.31. The number of nitrogens with one attached hydrogen (secondary N) is 1. The van der Waals surface area contributed by atoms with Gasteiger partial charge < -0.3 is 9.84 Å². The zero-order valence-corrected chi connectivity index (χ0v) is 14.9. The molecule has 0 radical (unpaired) electrons. The molecular weight excluding hydrogens is 329 g/mol. The molecule has 6 heteroatoms. The molecule has 4 nitrogen and oxygen atoms in total. The molecule has 1 saturated heterocycles. The van der Waals surface area contributed by atoms with E-state index in [4.69, 9.17) is 16.1 Å². The highest BCUT2D eigenvalue weighted by Crippen LogP contribution is 2.21. The second kappa shape index (κ2) is 7.64. The molecular formula is C18H23ClFN3O. The zero-order chi connectivity index (χ0) is 17.1. The average molecular weight is 352 g/mol. The maximum atomic E-state index is 13.2. The molecule has 1 atom stereocenters. The van der Waals surface area contributed by atoms with Crippen LogP contribution < -0.4 is 5.32 Å². The van der Waals surface area contributed by atoms with E-state index in [2.05, 4.69) is 15.4 Å². The summed E-state index contributed by atoms with van der Waals surface area (Å²) in [6.07, 6.45) is 2.29. The first-order chi connectivity index (χ1) is 11.5. The van der Waals surface area contributed by atoms with Crippen LogP contribution in [0.25, 0.3) is 0 Å². The van der Waals surface area contributed by atoms with Crippen LogP contribution in [0.2, 0.25) is 5.02 Å². The van der Waals surface area contributed by atoms with E-state index >= 15 is 0 Å². The van der Waals surface area contributed by atoms with E-state index in [9.17, 15) is 4.39 Å². The highest BCUT2D eigenvalue weighted by Gasteiger charge is 2.21. The second-order valence-corrected chi connectivity index (χ2v) is 6.90. The van der Waals surface area contributed by atoms with Crippen LogP contribution in [0.5, 0.6) is 0 Å². The highest BCUT2D eigenvalue weighted by atomic mass is 35.5. The third-order valence-corrected chi connectivity index (χ3v) is 5.02. The van der Waals surface area contributed by atoms with Gasteiger partial charge in [-0.15, -0.1) is 0 Å². The van der Waals surface area contributed by atoms with Crippen LogP contribution in [0.4, 0.5) is 4.39 Å². The number of hydrogen-bond acceptors (Lipinski definition) is 4. The number of benzene rings is 1. The average Bonchev–Trinajstić information content (AvgIpc) is 2.87. The van der Waals surface area contributed by atoms with Gasteiger partial charge in [-0.2, -0.15) is 0 Å². The fourth-order valence-corrected chi connectivity index (χ4v) is 3.48. The van der Waals surface area contributed by atoms with Crippen molar-refractivity contribution in [2.75, 3.05) is 13.1 Å². The van der Waals surface area contributed by atoms with Crippen molar-refractivity contribution in [1.29, 1.82) is 0 Å². The van der Waals surface area contributed by atoms with Gasteiger partial charge in [0.1, 0.15) is 11.6 Å². The number of rotatable bonds is 5. The molecule has 1 unspecified atom stereocenters. The Morgan fingerprint density at radius 1 is 1.42 bits per heavy atom. The monoisotopic (exact) mass is 351 g/mol. The summed E-state index contributed by atoms with van der Waals surface area (Å²) in [7, 11) is 0. The lowest BCUT2D eigenvalue weighted by Gasteiger charge is -2.33. The summed E-state index contributed by atoms with van der Waals surface area (Å²) < 4.78 is 18.4. The first-order valence-corrected chi connectivity index (χ1v) is 8.72. The van der Waals surface area contributed by atoms with E-state index in [0.29, 0.717) is 11.1 Å². The summed E-state index contributed by atoms with van der Waals surface area (Å²) in [5, 5.41) is 8.11. The Bertz CT molecular complexity index is 684. The van der Waals surface area contributed by atoms with Crippen LogP contribution >= 0.6 is 11.6 Å². The predicted octanol–water partition coefficient (Wildman–Crippen LogP) is 3.84. The summed E-state index contributed by atoms with van der Waals surface area (Å²) in [6, 6.07) is 5.05. The molecule has 0 aliphatic carbocycles. The van der Waals surface area contributed by atoms with Crippen molar-refractivity contribution in [2.24, 2.45) is 0 Å². The van der Waals surface area contributed by atoms with E-state index < -0.39 is 0 Å². The maximum absolute atomic E-state index is 13.2. The quantitative estimate of drug-likeness (QED) is 0.888. The molecule has 0 spiro atoms. The SMILES string of the molecule is Cc1noc(C)c1CNC1CCCN(Cc2ccc(F)cc2Cl)C1. The van der Waals surface area contributed by atoms with Crippen LogP contribution in [-0.2, 0) is 13.1 Å². The van der Waals surface area contributed by atoms with Gasteiger partial charge in [-0.1, -0.05) is 22.8 Å². The summed E-state index contributed by atoms with van der Waals surface area (Å²) in [6.45, 7) is 7.44. The minimum absolute atomic E-state index is 0.290. The van der Waals surface area contributed by atoms with Crippen molar-refractivity contribution in [1.82, 2.24) is 15.4 Å². The van der Waals surface area contributed by atoms with Crippen molar-refractivity contribution >= 4 is 11.6 Å². The summed E-state index contributed by atoms with van der Waals surface area (Å²) >= 11 is 6.15. The topological polar surface area (TPSA) is 41.3 Å². The molecule has 1 N–H and O–H groups in total. The van der Waals surface area contributed by atoms with Gasteiger partial charge in [-0.25, -0.2) is 4.39 Å². The molecule has 1 fully saturated rings. The number of hydrogen-bond donors (Lipinski definition) is 1. The van der Waals surface area contributed by atoms with Crippen LogP contribution in [0.1, 0.15) is 35.4 Å². The molecule has 2 aromatic rings. The molecule has 2 heterocycles. The van der Waals surface area contributed by atoms with Crippen LogP contribution in [0.3, 0.4) is 0 Å². The molecule has 3 rings (SSSR count). The largest absolute Gasteiger partial charge is 0.361 e. The van der Waals surface area contributed by atoms with Crippen molar-refractivity contribution < 1.29 is 8.91 Å². The predicted molar refractivity (Wildman–Crippen MR) is 92.5 cm³/mol. The van der Waals surface area contributed by atoms with Crippen LogP contribution in [0, 0.1) is 19.7 Å². The molecule has 24 heavy (non-hydrogen) atoms. The van der Waals surface area contributed by atoms with E-state index in [1.54, 1.807) is 6.07 Å². The van der Waals surface area contributed by atoms with Crippen LogP contribution in [0.15, 0.2) is 22.7 Å². The number of aromatic nitrogens is 1. The zero-order valence-electron chi connectivity index (χ0n) is 14.1. The van der Waals surface area contributed by atoms with Gasteiger partial charge in [0.05, 0.1) is 5.69 Å². The summed E-state index contributed by atoms with van der Waals surface area (Å²) in [5.74, 6) is 0.590. The number of aryl methyl sites for hydroxylation is 2.